The molecule has 1 saturated carbocycles. The molecule has 2 rings (SSSR count). The summed E-state index contributed by atoms with van der Waals surface area (Å²) in [6, 6.07) is 0.932. The molecule has 1 aliphatic carbocycles. The lowest BCUT2D eigenvalue weighted by Crippen LogP contribution is -2.50. The van der Waals surface area contributed by atoms with E-state index in [0.29, 0.717) is 25.1 Å². The summed E-state index contributed by atoms with van der Waals surface area (Å²) in [5.74, 6) is -2.39. The standard InChI is InChI=1S/C14H25F2NO/c1-3-12-13(5-4-10(2)17-12)18-9-11-6-7-14(15,16)8-11/h10-13,17H,3-9H2,1-2H3. The number of rotatable bonds is 4. The van der Waals surface area contributed by atoms with Crippen molar-refractivity contribution in [3.63, 3.8) is 0 Å². The van der Waals surface area contributed by atoms with E-state index in [2.05, 4.69) is 19.2 Å². The first-order chi connectivity index (χ1) is 8.50. The van der Waals surface area contributed by atoms with Gasteiger partial charge in [0.25, 0.3) is 0 Å². The van der Waals surface area contributed by atoms with Gasteiger partial charge in [0.2, 0.25) is 5.92 Å². The van der Waals surface area contributed by atoms with Crippen molar-refractivity contribution in [1.82, 2.24) is 5.32 Å². The predicted octanol–water partition coefficient (Wildman–Crippen LogP) is 3.36. The van der Waals surface area contributed by atoms with Crippen molar-refractivity contribution in [3.8, 4) is 0 Å². The zero-order chi connectivity index (χ0) is 13.2. The Labute approximate surface area is 108 Å². The van der Waals surface area contributed by atoms with E-state index in [9.17, 15) is 8.78 Å². The Bertz CT molecular complexity index is 273. The van der Waals surface area contributed by atoms with Crippen LogP contribution in [0.3, 0.4) is 0 Å². The lowest BCUT2D eigenvalue weighted by atomic mass is 9.94. The number of halogens is 2. The van der Waals surface area contributed by atoms with Gasteiger partial charge in [0, 0.05) is 24.9 Å². The van der Waals surface area contributed by atoms with Gasteiger partial charge in [-0.2, -0.15) is 0 Å². The zero-order valence-electron chi connectivity index (χ0n) is 11.4. The van der Waals surface area contributed by atoms with E-state index in [4.69, 9.17) is 4.74 Å². The quantitative estimate of drug-likeness (QED) is 0.838. The molecule has 106 valence electrons. The van der Waals surface area contributed by atoms with Gasteiger partial charge in [-0.15, -0.1) is 0 Å². The van der Waals surface area contributed by atoms with Crippen LogP contribution in [0.1, 0.15) is 52.4 Å². The average Bonchev–Trinajstić information content (AvgIpc) is 2.67. The Hall–Kier alpha value is -0.220. The summed E-state index contributed by atoms with van der Waals surface area (Å²) in [6.45, 7) is 4.85. The molecule has 4 unspecified atom stereocenters. The molecule has 0 spiro atoms. The third kappa shape index (κ3) is 3.64. The third-order valence-corrected chi connectivity index (χ3v) is 4.32. The van der Waals surface area contributed by atoms with Crippen LogP contribution in [0.5, 0.6) is 0 Å². The summed E-state index contributed by atoms with van der Waals surface area (Å²) >= 11 is 0. The van der Waals surface area contributed by atoms with Crippen LogP contribution >= 0.6 is 0 Å². The molecule has 1 heterocycles. The van der Waals surface area contributed by atoms with Crippen LogP contribution < -0.4 is 5.32 Å². The molecule has 0 aromatic carbocycles. The van der Waals surface area contributed by atoms with Crippen molar-refractivity contribution in [2.75, 3.05) is 6.61 Å². The fourth-order valence-electron chi connectivity index (χ4n) is 3.20. The van der Waals surface area contributed by atoms with E-state index in [1.54, 1.807) is 0 Å². The first-order valence-corrected chi connectivity index (χ1v) is 7.25. The average molecular weight is 261 g/mol. The molecule has 1 saturated heterocycles. The first kappa shape index (κ1) is 14.2. The zero-order valence-corrected chi connectivity index (χ0v) is 11.4. The van der Waals surface area contributed by atoms with Gasteiger partial charge < -0.3 is 10.1 Å². The molecular formula is C14H25F2NO. The molecular weight excluding hydrogens is 236 g/mol. The summed E-state index contributed by atoms with van der Waals surface area (Å²) in [4.78, 5) is 0. The second-order valence-electron chi connectivity index (χ2n) is 6.00. The Balaban J connectivity index is 1.76. The van der Waals surface area contributed by atoms with Crippen LogP contribution in [0, 0.1) is 5.92 Å². The molecule has 2 aliphatic rings. The number of ether oxygens (including phenoxy) is 1. The lowest BCUT2D eigenvalue weighted by Gasteiger charge is -2.36. The summed E-state index contributed by atoms with van der Waals surface area (Å²) < 4.78 is 32.1. The van der Waals surface area contributed by atoms with Gasteiger partial charge in [-0.1, -0.05) is 6.92 Å². The molecule has 18 heavy (non-hydrogen) atoms. The maximum Gasteiger partial charge on any atom is 0.248 e. The SMILES string of the molecule is CCC1NC(C)CCC1OCC1CCC(F)(F)C1. The highest BCUT2D eigenvalue weighted by atomic mass is 19.3. The van der Waals surface area contributed by atoms with Crippen molar-refractivity contribution in [3.05, 3.63) is 0 Å². The van der Waals surface area contributed by atoms with Crippen LogP contribution in [-0.4, -0.2) is 30.7 Å². The lowest BCUT2D eigenvalue weighted by molar-refractivity contribution is -0.0304. The first-order valence-electron chi connectivity index (χ1n) is 7.25. The van der Waals surface area contributed by atoms with Crippen molar-refractivity contribution in [2.24, 2.45) is 5.92 Å². The minimum absolute atomic E-state index is 0.0142. The van der Waals surface area contributed by atoms with Crippen molar-refractivity contribution in [1.29, 1.82) is 0 Å². The molecule has 0 amide bonds. The second kappa shape index (κ2) is 5.83. The Morgan fingerprint density at radius 3 is 2.67 bits per heavy atom. The number of hydrogen-bond donors (Lipinski definition) is 1. The highest BCUT2D eigenvalue weighted by Gasteiger charge is 2.40. The number of piperidine rings is 1. The van der Waals surface area contributed by atoms with Gasteiger partial charge in [-0.05, 0) is 38.5 Å². The highest BCUT2D eigenvalue weighted by Crippen LogP contribution is 2.39. The molecule has 0 radical (unpaired) electrons. The van der Waals surface area contributed by atoms with Gasteiger partial charge in [-0.3, -0.25) is 0 Å². The number of alkyl halides is 2. The van der Waals surface area contributed by atoms with E-state index in [1.165, 1.54) is 0 Å². The summed E-state index contributed by atoms with van der Waals surface area (Å²) in [6.07, 6.45) is 4.08. The largest absolute Gasteiger partial charge is 0.376 e. The van der Waals surface area contributed by atoms with Crippen molar-refractivity contribution < 1.29 is 13.5 Å². The van der Waals surface area contributed by atoms with E-state index >= 15 is 0 Å². The molecule has 4 atom stereocenters. The fraction of sp³-hybridized carbons (Fsp3) is 1.00. The maximum atomic E-state index is 13.1. The predicted molar refractivity (Wildman–Crippen MR) is 67.9 cm³/mol. The highest BCUT2D eigenvalue weighted by molar-refractivity contribution is 4.86. The number of nitrogens with one attached hydrogen (secondary N) is 1. The van der Waals surface area contributed by atoms with Crippen LogP contribution in [0.4, 0.5) is 8.78 Å². The van der Waals surface area contributed by atoms with Crippen LogP contribution in [0.15, 0.2) is 0 Å². The molecule has 2 fully saturated rings. The molecule has 0 aromatic heterocycles. The smallest absolute Gasteiger partial charge is 0.248 e. The molecule has 0 aromatic rings. The topological polar surface area (TPSA) is 21.3 Å². The van der Waals surface area contributed by atoms with Crippen LogP contribution in [0.2, 0.25) is 0 Å². The number of hydrogen-bond acceptors (Lipinski definition) is 2. The monoisotopic (exact) mass is 261 g/mol. The molecule has 1 aliphatic heterocycles. The molecule has 1 N–H and O–H groups in total. The summed E-state index contributed by atoms with van der Waals surface area (Å²) in [5, 5.41) is 3.53. The van der Waals surface area contributed by atoms with Crippen molar-refractivity contribution >= 4 is 0 Å². The van der Waals surface area contributed by atoms with Crippen LogP contribution in [-0.2, 0) is 4.74 Å². The van der Waals surface area contributed by atoms with Crippen LogP contribution in [0.25, 0.3) is 0 Å². The van der Waals surface area contributed by atoms with E-state index in [-0.39, 0.29) is 24.9 Å². The van der Waals surface area contributed by atoms with Gasteiger partial charge >= 0.3 is 0 Å². The third-order valence-electron chi connectivity index (χ3n) is 4.32. The minimum Gasteiger partial charge on any atom is -0.376 e. The van der Waals surface area contributed by atoms with Gasteiger partial charge in [0.05, 0.1) is 12.7 Å². The second-order valence-corrected chi connectivity index (χ2v) is 6.00. The Kier molecular flexibility index (Phi) is 4.59. The molecule has 0 bridgehead atoms. The van der Waals surface area contributed by atoms with E-state index in [0.717, 1.165) is 19.3 Å². The fourth-order valence-corrected chi connectivity index (χ4v) is 3.20. The minimum atomic E-state index is -2.45. The molecule has 2 nitrogen and oxygen atoms in total. The van der Waals surface area contributed by atoms with Gasteiger partial charge in [0.1, 0.15) is 0 Å². The summed E-state index contributed by atoms with van der Waals surface area (Å²) in [5.41, 5.74) is 0. The normalized spacial score (nSPS) is 40.0. The van der Waals surface area contributed by atoms with Gasteiger partial charge in [0.15, 0.2) is 0 Å². The summed E-state index contributed by atoms with van der Waals surface area (Å²) in [7, 11) is 0. The van der Waals surface area contributed by atoms with Gasteiger partial charge in [-0.25, -0.2) is 8.78 Å². The van der Waals surface area contributed by atoms with E-state index < -0.39 is 5.92 Å². The molecule has 4 heteroatoms. The Morgan fingerprint density at radius 2 is 2.06 bits per heavy atom. The van der Waals surface area contributed by atoms with E-state index in [1.807, 2.05) is 0 Å². The Morgan fingerprint density at radius 1 is 1.28 bits per heavy atom. The van der Waals surface area contributed by atoms with Crippen molar-refractivity contribution in [2.45, 2.75) is 76.5 Å². The maximum absolute atomic E-state index is 13.1.